The Hall–Kier alpha value is -2.42. The zero-order chi connectivity index (χ0) is 25.1. The molecule has 8 nitrogen and oxygen atoms in total. The number of rotatable bonds is 5. The van der Waals surface area contributed by atoms with Crippen LogP contribution in [0.3, 0.4) is 0 Å². The molecule has 0 bridgehead atoms. The molecular weight excluding hydrogens is 478 g/mol. The molecule has 36 heavy (non-hydrogen) atoms. The van der Waals surface area contributed by atoms with Crippen molar-refractivity contribution in [2.24, 2.45) is 11.3 Å². The van der Waals surface area contributed by atoms with Crippen LogP contribution in [0.2, 0.25) is 5.02 Å². The molecule has 5 rings (SSSR count). The maximum absolute atomic E-state index is 13.3. The monoisotopic (exact) mass is 513 g/mol. The van der Waals surface area contributed by atoms with E-state index in [9.17, 15) is 14.4 Å². The highest BCUT2D eigenvalue weighted by Gasteiger charge is 2.39. The third-order valence-electron chi connectivity index (χ3n) is 8.62. The summed E-state index contributed by atoms with van der Waals surface area (Å²) >= 11 is 6.33. The van der Waals surface area contributed by atoms with Gasteiger partial charge >= 0.3 is 5.69 Å². The second kappa shape index (κ2) is 10.9. The molecule has 2 aromatic rings. The molecular formula is C27H36ClN5O3. The fourth-order valence-corrected chi connectivity index (χ4v) is 6.39. The van der Waals surface area contributed by atoms with Crippen molar-refractivity contribution in [3.63, 3.8) is 0 Å². The number of piperazine rings is 1. The summed E-state index contributed by atoms with van der Waals surface area (Å²) < 4.78 is 1.26. The molecule has 0 radical (unpaired) electrons. The fraction of sp³-hybridized carbons (Fsp3) is 0.593. The lowest BCUT2D eigenvalue weighted by Crippen LogP contribution is -2.45. The number of hydrogen-bond acceptors (Lipinski definition) is 5. The highest BCUT2D eigenvalue weighted by Crippen LogP contribution is 2.47. The van der Waals surface area contributed by atoms with Crippen molar-refractivity contribution in [1.29, 1.82) is 0 Å². The molecule has 9 heteroatoms. The molecule has 2 aliphatic heterocycles. The number of likely N-dealkylation sites (tertiary alicyclic amines) is 1. The number of nitrogens with zero attached hydrogens (tertiary/aromatic N) is 3. The van der Waals surface area contributed by atoms with Gasteiger partial charge < -0.3 is 15.1 Å². The number of piperidine rings is 1. The number of halogens is 1. The Morgan fingerprint density at radius 3 is 2.42 bits per heavy atom. The first-order valence-corrected chi connectivity index (χ1v) is 13.6. The SMILES string of the molecule is O=C(c1ccc(Cl)c(-n2ccc(=O)[nH]c2=O)c1)N1CCC2(CCC(CCN3CCNCC3)CC2)CC1. The van der Waals surface area contributed by atoms with E-state index in [0.717, 1.165) is 44.9 Å². The third kappa shape index (κ3) is 5.61. The highest BCUT2D eigenvalue weighted by atomic mass is 35.5. The topological polar surface area (TPSA) is 90.4 Å². The Morgan fingerprint density at radius 1 is 1.00 bits per heavy atom. The fourth-order valence-electron chi connectivity index (χ4n) is 6.18. The Labute approximate surface area is 216 Å². The lowest BCUT2D eigenvalue weighted by atomic mass is 9.65. The van der Waals surface area contributed by atoms with Gasteiger partial charge in [0.15, 0.2) is 0 Å². The second-order valence-electron chi connectivity index (χ2n) is 10.8. The molecule has 2 saturated heterocycles. The van der Waals surface area contributed by atoms with Crippen molar-refractivity contribution in [2.75, 3.05) is 45.8 Å². The van der Waals surface area contributed by atoms with Gasteiger partial charge in [-0.3, -0.25) is 19.1 Å². The molecule has 1 saturated carbocycles. The van der Waals surface area contributed by atoms with Gasteiger partial charge in [-0.1, -0.05) is 11.6 Å². The van der Waals surface area contributed by atoms with Crippen molar-refractivity contribution in [2.45, 2.75) is 44.9 Å². The lowest BCUT2D eigenvalue weighted by molar-refractivity contribution is 0.0383. The molecule has 1 aromatic carbocycles. The summed E-state index contributed by atoms with van der Waals surface area (Å²) in [5, 5.41) is 3.77. The van der Waals surface area contributed by atoms with E-state index in [2.05, 4.69) is 15.2 Å². The summed E-state index contributed by atoms with van der Waals surface area (Å²) in [6, 6.07) is 6.24. The van der Waals surface area contributed by atoms with Crippen molar-refractivity contribution < 1.29 is 4.79 Å². The minimum Gasteiger partial charge on any atom is -0.339 e. The number of aromatic nitrogens is 2. The van der Waals surface area contributed by atoms with E-state index in [1.165, 1.54) is 68.6 Å². The molecule has 194 valence electrons. The minimum atomic E-state index is -0.586. The minimum absolute atomic E-state index is 0.0371. The van der Waals surface area contributed by atoms with Crippen LogP contribution in [-0.2, 0) is 0 Å². The maximum atomic E-state index is 13.3. The zero-order valence-electron chi connectivity index (χ0n) is 20.8. The number of carbonyl (C=O) groups excluding carboxylic acids is 1. The largest absolute Gasteiger partial charge is 0.339 e. The van der Waals surface area contributed by atoms with Gasteiger partial charge in [0.05, 0.1) is 10.7 Å². The van der Waals surface area contributed by atoms with Gasteiger partial charge in [0.25, 0.3) is 11.5 Å². The average molecular weight is 514 g/mol. The maximum Gasteiger partial charge on any atom is 0.332 e. The van der Waals surface area contributed by atoms with Crippen molar-refractivity contribution in [3.05, 3.63) is 61.9 Å². The zero-order valence-corrected chi connectivity index (χ0v) is 21.6. The third-order valence-corrected chi connectivity index (χ3v) is 8.94. The van der Waals surface area contributed by atoms with Crippen LogP contribution in [0.1, 0.15) is 55.3 Å². The van der Waals surface area contributed by atoms with E-state index in [1.807, 2.05) is 4.90 Å². The van der Waals surface area contributed by atoms with E-state index >= 15 is 0 Å². The molecule has 2 N–H and O–H groups in total. The van der Waals surface area contributed by atoms with E-state index in [4.69, 9.17) is 11.6 Å². The Bertz CT molecular complexity index is 1180. The van der Waals surface area contributed by atoms with Gasteiger partial charge in [0, 0.05) is 57.1 Å². The number of H-pyrrole nitrogens is 1. The summed E-state index contributed by atoms with van der Waals surface area (Å²) in [6.07, 6.45) is 10.00. The first-order chi connectivity index (χ1) is 17.4. The number of amides is 1. The summed E-state index contributed by atoms with van der Waals surface area (Å²) in [5.41, 5.74) is 0.209. The van der Waals surface area contributed by atoms with Gasteiger partial charge in [0.1, 0.15) is 0 Å². The summed E-state index contributed by atoms with van der Waals surface area (Å²) in [4.78, 5) is 43.7. The van der Waals surface area contributed by atoms with Gasteiger partial charge in [-0.15, -0.1) is 0 Å². The molecule has 3 heterocycles. The van der Waals surface area contributed by atoms with E-state index in [1.54, 1.807) is 18.2 Å². The smallest absolute Gasteiger partial charge is 0.332 e. The van der Waals surface area contributed by atoms with Crippen LogP contribution < -0.4 is 16.6 Å². The molecule has 1 aliphatic carbocycles. The van der Waals surface area contributed by atoms with Crippen LogP contribution >= 0.6 is 11.6 Å². The number of benzene rings is 1. The second-order valence-corrected chi connectivity index (χ2v) is 11.2. The molecule has 1 aromatic heterocycles. The Kier molecular flexibility index (Phi) is 7.65. The van der Waals surface area contributed by atoms with E-state index in [-0.39, 0.29) is 5.91 Å². The van der Waals surface area contributed by atoms with Crippen LogP contribution in [0.4, 0.5) is 0 Å². The number of hydrogen-bond donors (Lipinski definition) is 2. The first-order valence-electron chi connectivity index (χ1n) is 13.3. The average Bonchev–Trinajstić information content (AvgIpc) is 2.90. The van der Waals surface area contributed by atoms with Crippen LogP contribution in [0.25, 0.3) is 5.69 Å². The standard InChI is InChI=1S/C27H36ClN5O3/c28-22-2-1-21(19-23(22)33-14-6-24(34)30-26(33)36)25(35)32-15-9-27(10-16-32)7-3-20(4-8-27)5-13-31-17-11-29-12-18-31/h1-2,6,14,19-20,29H,3-5,7-13,15-18H2,(H,30,34,36). The van der Waals surface area contributed by atoms with Gasteiger partial charge in [-0.2, -0.15) is 0 Å². The Balaban J connectivity index is 1.16. The van der Waals surface area contributed by atoms with E-state index in [0.29, 0.717) is 21.7 Å². The highest BCUT2D eigenvalue weighted by molar-refractivity contribution is 6.32. The first kappa shape index (κ1) is 25.2. The number of nitrogens with one attached hydrogen (secondary N) is 2. The van der Waals surface area contributed by atoms with Crippen LogP contribution in [0.15, 0.2) is 40.1 Å². The van der Waals surface area contributed by atoms with E-state index < -0.39 is 11.2 Å². The lowest BCUT2D eigenvalue weighted by Gasteiger charge is -2.46. The normalized spacial score (nSPS) is 21.1. The quantitative estimate of drug-likeness (QED) is 0.641. The van der Waals surface area contributed by atoms with Gasteiger partial charge in [0.2, 0.25) is 0 Å². The summed E-state index contributed by atoms with van der Waals surface area (Å²) in [5.74, 6) is 0.805. The predicted octanol–water partition coefficient (Wildman–Crippen LogP) is 2.89. The molecule has 0 atom stereocenters. The number of aromatic amines is 1. The Morgan fingerprint density at radius 2 is 1.72 bits per heavy atom. The molecule has 3 fully saturated rings. The molecule has 3 aliphatic rings. The molecule has 1 spiro atoms. The van der Waals surface area contributed by atoms with Crippen LogP contribution in [-0.4, -0.2) is 71.1 Å². The number of carbonyl (C=O) groups is 1. The summed E-state index contributed by atoms with van der Waals surface area (Å²) in [6.45, 7) is 7.35. The van der Waals surface area contributed by atoms with Crippen molar-refractivity contribution >= 4 is 17.5 Å². The predicted molar refractivity (Wildman–Crippen MR) is 141 cm³/mol. The van der Waals surface area contributed by atoms with Gasteiger partial charge in [-0.05, 0) is 81.0 Å². The van der Waals surface area contributed by atoms with Crippen molar-refractivity contribution in [1.82, 2.24) is 24.7 Å². The van der Waals surface area contributed by atoms with Crippen molar-refractivity contribution in [3.8, 4) is 5.69 Å². The molecule has 0 unspecified atom stereocenters. The van der Waals surface area contributed by atoms with Crippen LogP contribution in [0, 0.1) is 11.3 Å². The summed E-state index contributed by atoms with van der Waals surface area (Å²) in [7, 11) is 0. The van der Waals surface area contributed by atoms with Gasteiger partial charge in [-0.25, -0.2) is 4.79 Å². The van der Waals surface area contributed by atoms with Crippen LogP contribution in [0.5, 0.6) is 0 Å². The molecule has 1 amide bonds.